The molecule has 2 rings (SSSR count). The van der Waals surface area contributed by atoms with E-state index < -0.39 is 0 Å². The average molecular weight is 353 g/mol. The van der Waals surface area contributed by atoms with Gasteiger partial charge >= 0.3 is 0 Å². The van der Waals surface area contributed by atoms with Crippen LogP contribution < -0.4 is 10.6 Å². The van der Waals surface area contributed by atoms with Crippen LogP contribution in [0.15, 0.2) is 17.1 Å². The van der Waals surface area contributed by atoms with Crippen molar-refractivity contribution >= 4 is 5.96 Å². The predicted octanol–water partition coefficient (Wildman–Crippen LogP) is 1.78. The van der Waals surface area contributed by atoms with Crippen LogP contribution in [-0.2, 0) is 9.47 Å². The van der Waals surface area contributed by atoms with Crippen LogP contribution in [0.4, 0.5) is 0 Å². The summed E-state index contributed by atoms with van der Waals surface area (Å²) in [7, 11) is 1.79. The van der Waals surface area contributed by atoms with Crippen molar-refractivity contribution in [3.05, 3.63) is 12.2 Å². The van der Waals surface area contributed by atoms with Gasteiger partial charge in [0.25, 0.3) is 0 Å². The van der Waals surface area contributed by atoms with E-state index in [1.54, 1.807) is 7.11 Å². The Balaban J connectivity index is 1.86. The first kappa shape index (κ1) is 20.2. The van der Waals surface area contributed by atoms with Crippen LogP contribution in [0.2, 0.25) is 0 Å². The van der Waals surface area contributed by atoms with Gasteiger partial charge in [0, 0.05) is 65.4 Å². The summed E-state index contributed by atoms with van der Waals surface area (Å²) in [5.74, 6) is 0.906. The number of likely N-dealkylation sites (tertiary alicyclic amines) is 1. The third-order valence-electron chi connectivity index (χ3n) is 5.13. The van der Waals surface area contributed by atoms with Gasteiger partial charge in [-0.3, -0.25) is 9.89 Å². The van der Waals surface area contributed by atoms with Crippen molar-refractivity contribution in [3.8, 4) is 0 Å². The lowest BCUT2D eigenvalue weighted by Gasteiger charge is -2.35. The molecular formula is C19H36N4O2. The molecule has 0 amide bonds. The van der Waals surface area contributed by atoms with Gasteiger partial charge in [0.05, 0.1) is 12.1 Å². The van der Waals surface area contributed by atoms with Crippen LogP contribution in [0.3, 0.4) is 0 Å². The van der Waals surface area contributed by atoms with Crippen LogP contribution in [0.1, 0.15) is 39.5 Å². The maximum absolute atomic E-state index is 5.79. The van der Waals surface area contributed by atoms with Gasteiger partial charge in [-0.25, -0.2) is 0 Å². The zero-order chi connectivity index (χ0) is 18.1. The predicted molar refractivity (Wildman–Crippen MR) is 103 cm³/mol. The lowest BCUT2D eigenvalue weighted by atomic mass is 9.94. The van der Waals surface area contributed by atoms with Crippen LogP contribution in [0, 0.1) is 0 Å². The highest BCUT2D eigenvalue weighted by molar-refractivity contribution is 5.80. The fourth-order valence-corrected chi connectivity index (χ4v) is 3.52. The highest BCUT2D eigenvalue weighted by Gasteiger charge is 2.32. The number of guanidine groups is 1. The van der Waals surface area contributed by atoms with Crippen LogP contribution >= 0.6 is 0 Å². The van der Waals surface area contributed by atoms with E-state index in [-0.39, 0.29) is 5.60 Å². The fraction of sp³-hybridized carbons (Fsp3) is 0.842. The summed E-state index contributed by atoms with van der Waals surface area (Å²) >= 11 is 0. The largest absolute Gasteiger partial charge is 0.381 e. The summed E-state index contributed by atoms with van der Waals surface area (Å²) in [6.07, 6.45) is 4.10. The minimum atomic E-state index is -0.175. The van der Waals surface area contributed by atoms with Crippen molar-refractivity contribution in [2.24, 2.45) is 4.99 Å². The molecule has 2 heterocycles. The zero-order valence-corrected chi connectivity index (χ0v) is 16.3. The normalized spacial score (nSPS) is 22.6. The van der Waals surface area contributed by atoms with E-state index in [9.17, 15) is 0 Å². The van der Waals surface area contributed by atoms with Crippen molar-refractivity contribution in [2.75, 3.05) is 53.0 Å². The number of rotatable bonds is 7. The molecular weight excluding hydrogens is 316 g/mol. The Morgan fingerprint density at radius 3 is 2.56 bits per heavy atom. The summed E-state index contributed by atoms with van der Waals surface area (Å²) in [4.78, 5) is 7.31. The monoisotopic (exact) mass is 352 g/mol. The zero-order valence-electron chi connectivity index (χ0n) is 16.3. The van der Waals surface area contributed by atoms with Gasteiger partial charge in [-0.05, 0) is 26.7 Å². The molecule has 0 spiro atoms. The van der Waals surface area contributed by atoms with E-state index in [0.29, 0.717) is 12.6 Å². The van der Waals surface area contributed by atoms with Crippen LogP contribution in [0.5, 0.6) is 0 Å². The van der Waals surface area contributed by atoms with Crippen molar-refractivity contribution in [2.45, 2.75) is 51.2 Å². The number of ether oxygens (including phenoxy) is 2. The lowest BCUT2D eigenvalue weighted by Crippen LogP contribution is -2.49. The smallest absolute Gasteiger partial charge is 0.191 e. The summed E-state index contributed by atoms with van der Waals surface area (Å²) in [6, 6.07) is 0.479. The maximum atomic E-state index is 5.79. The summed E-state index contributed by atoms with van der Waals surface area (Å²) < 4.78 is 11.3. The van der Waals surface area contributed by atoms with Crippen LogP contribution in [-0.4, -0.2) is 75.5 Å². The highest BCUT2D eigenvalue weighted by Crippen LogP contribution is 2.24. The highest BCUT2D eigenvalue weighted by atomic mass is 16.5. The van der Waals surface area contributed by atoms with E-state index in [0.717, 1.165) is 71.0 Å². The molecule has 2 fully saturated rings. The number of methoxy groups -OCH3 is 1. The molecule has 25 heavy (non-hydrogen) atoms. The number of nitrogens with zero attached hydrogens (tertiary/aromatic N) is 2. The van der Waals surface area contributed by atoms with Gasteiger partial charge in [-0.2, -0.15) is 0 Å². The van der Waals surface area contributed by atoms with Crippen molar-refractivity contribution in [1.29, 1.82) is 0 Å². The fourth-order valence-electron chi connectivity index (χ4n) is 3.52. The third kappa shape index (κ3) is 6.60. The topological polar surface area (TPSA) is 58.1 Å². The molecule has 6 heteroatoms. The first-order chi connectivity index (χ1) is 12.1. The van der Waals surface area contributed by atoms with Gasteiger partial charge < -0.3 is 20.1 Å². The molecule has 2 saturated heterocycles. The van der Waals surface area contributed by atoms with Crippen LogP contribution in [0.25, 0.3) is 0 Å². The minimum Gasteiger partial charge on any atom is -0.381 e. The molecule has 0 aliphatic carbocycles. The molecule has 2 N–H and O–H groups in total. The van der Waals surface area contributed by atoms with Gasteiger partial charge in [0.15, 0.2) is 5.96 Å². The van der Waals surface area contributed by atoms with Crippen molar-refractivity contribution in [1.82, 2.24) is 15.5 Å². The summed E-state index contributed by atoms with van der Waals surface area (Å²) in [5, 5.41) is 6.99. The number of aliphatic imine (C=N–C) groups is 1. The molecule has 2 aliphatic heterocycles. The maximum Gasteiger partial charge on any atom is 0.191 e. The Morgan fingerprint density at radius 2 is 2.00 bits per heavy atom. The molecule has 0 bridgehead atoms. The quantitative estimate of drug-likeness (QED) is 0.415. The van der Waals surface area contributed by atoms with E-state index >= 15 is 0 Å². The third-order valence-corrected chi connectivity index (χ3v) is 5.13. The second-order valence-electron chi connectivity index (χ2n) is 7.35. The Kier molecular flexibility index (Phi) is 8.19. The number of hydrogen-bond acceptors (Lipinski definition) is 4. The Bertz CT molecular complexity index is 439. The summed E-state index contributed by atoms with van der Waals surface area (Å²) in [6.45, 7) is 14.5. The van der Waals surface area contributed by atoms with Gasteiger partial charge in [0.2, 0.25) is 0 Å². The minimum absolute atomic E-state index is 0.175. The lowest BCUT2D eigenvalue weighted by molar-refractivity contribution is -0.0828. The Labute approximate surface area is 153 Å². The van der Waals surface area contributed by atoms with E-state index in [1.165, 1.54) is 5.57 Å². The summed E-state index contributed by atoms with van der Waals surface area (Å²) in [5.41, 5.74) is 1.06. The number of nitrogens with one attached hydrogen (secondary N) is 2. The first-order valence-electron chi connectivity index (χ1n) is 9.61. The standard InChI is InChI=1S/C19H36N4O2/c1-5-20-18(21-15-19(24-4)8-12-25-13-9-19)22-17-6-10-23(11-7-17)14-16(2)3/h17H,2,5-15H2,1,3-4H3,(H2,20,21,22). The molecule has 2 aliphatic rings. The van der Waals surface area contributed by atoms with E-state index in [1.807, 2.05) is 0 Å². The second kappa shape index (κ2) is 10.1. The Morgan fingerprint density at radius 1 is 1.32 bits per heavy atom. The van der Waals surface area contributed by atoms with E-state index in [4.69, 9.17) is 14.5 Å². The molecule has 0 saturated carbocycles. The Hall–Kier alpha value is -1.11. The SMILES string of the molecule is C=C(C)CN1CCC(NC(=NCC2(OC)CCOCC2)NCC)CC1. The molecule has 0 aromatic carbocycles. The number of piperidine rings is 1. The molecule has 6 nitrogen and oxygen atoms in total. The van der Waals surface area contributed by atoms with Crippen molar-refractivity contribution < 1.29 is 9.47 Å². The van der Waals surface area contributed by atoms with Crippen molar-refractivity contribution in [3.63, 3.8) is 0 Å². The van der Waals surface area contributed by atoms with E-state index in [2.05, 4.69) is 36.0 Å². The molecule has 0 atom stereocenters. The molecule has 0 aromatic rings. The molecule has 0 radical (unpaired) electrons. The van der Waals surface area contributed by atoms with Gasteiger partial charge in [0.1, 0.15) is 0 Å². The first-order valence-corrected chi connectivity index (χ1v) is 9.61. The molecule has 0 unspecified atom stereocenters. The van der Waals surface area contributed by atoms with Gasteiger partial charge in [-0.1, -0.05) is 12.2 Å². The molecule has 0 aromatic heterocycles. The average Bonchev–Trinajstić information content (AvgIpc) is 2.62. The van der Waals surface area contributed by atoms with Gasteiger partial charge in [-0.15, -0.1) is 0 Å². The molecule has 144 valence electrons. The second-order valence-corrected chi connectivity index (χ2v) is 7.35. The number of hydrogen-bond donors (Lipinski definition) is 2.